The molecule has 0 aromatic heterocycles. The van der Waals surface area contributed by atoms with E-state index in [9.17, 15) is 14.0 Å². The molecule has 1 amide bonds. The van der Waals surface area contributed by atoms with Crippen molar-refractivity contribution in [1.82, 2.24) is 0 Å². The molecule has 0 heterocycles. The normalized spacial score (nSPS) is 11.4. The first-order chi connectivity index (χ1) is 14.7. The highest BCUT2D eigenvalue weighted by Crippen LogP contribution is 2.23. The average Bonchev–Trinajstić information content (AvgIpc) is 2.73. The van der Waals surface area contributed by atoms with Gasteiger partial charge in [0.15, 0.2) is 0 Å². The summed E-state index contributed by atoms with van der Waals surface area (Å²) >= 11 is 0. The number of benzene rings is 3. The van der Waals surface area contributed by atoms with Gasteiger partial charge in [0.25, 0.3) is 5.91 Å². The first-order valence-electron chi connectivity index (χ1n) is 9.89. The number of esters is 1. The number of hydrogen-bond acceptors (Lipinski definition) is 3. The molecule has 0 aliphatic heterocycles. The van der Waals surface area contributed by atoms with Gasteiger partial charge in [0, 0.05) is 5.56 Å². The number of anilines is 1. The third kappa shape index (κ3) is 6.37. The van der Waals surface area contributed by atoms with Crippen LogP contribution in [0.3, 0.4) is 0 Å². The van der Waals surface area contributed by atoms with Crippen LogP contribution in [0.1, 0.15) is 52.6 Å². The van der Waals surface area contributed by atoms with Gasteiger partial charge in [-0.15, -0.1) is 0 Å². The zero-order chi connectivity index (χ0) is 22.4. The minimum atomic E-state index is -0.668. The third-order valence-corrected chi connectivity index (χ3v) is 4.28. The molecule has 0 spiro atoms. The molecule has 1 N–H and O–H groups in total. The molecule has 4 nitrogen and oxygen atoms in total. The summed E-state index contributed by atoms with van der Waals surface area (Å²) in [4.78, 5) is 25.4. The predicted octanol–water partition coefficient (Wildman–Crippen LogP) is 6.20. The molecule has 3 aromatic carbocycles. The second kappa shape index (κ2) is 9.39. The van der Waals surface area contributed by atoms with Gasteiger partial charge < -0.3 is 10.1 Å². The van der Waals surface area contributed by atoms with Crippen LogP contribution in [0.4, 0.5) is 10.1 Å². The molecule has 5 heteroatoms. The topological polar surface area (TPSA) is 55.4 Å². The summed E-state index contributed by atoms with van der Waals surface area (Å²) in [5, 5.41) is 2.82. The lowest BCUT2D eigenvalue weighted by molar-refractivity contribution is 0.00708. The van der Waals surface area contributed by atoms with Crippen LogP contribution in [0.5, 0.6) is 0 Å². The fourth-order valence-electron chi connectivity index (χ4n) is 2.83. The molecule has 3 aromatic rings. The van der Waals surface area contributed by atoms with Crippen molar-refractivity contribution >= 4 is 29.7 Å². The largest absolute Gasteiger partial charge is 0.456 e. The molecule has 0 bridgehead atoms. The molecule has 0 aliphatic rings. The van der Waals surface area contributed by atoms with E-state index in [0.717, 1.165) is 11.1 Å². The van der Waals surface area contributed by atoms with Crippen molar-refractivity contribution < 1.29 is 18.7 Å². The van der Waals surface area contributed by atoms with Crippen LogP contribution in [-0.2, 0) is 4.74 Å². The lowest BCUT2D eigenvalue weighted by Gasteiger charge is -2.21. The summed E-state index contributed by atoms with van der Waals surface area (Å²) in [6, 6.07) is 19.9. The second-order valence-electron chi connectivity index (χ2n) is 8.01. The van der Waals surface area contributed by atoms with Crippen LogP contribution in [0.15, 0.2) is 72.8 Å². The summed E-state index contributed by atoms with van der Waals surface area (Å²) in [6.45, 7) is 5.35. The molecule has 31 heavy (non-hydrogen) atoms. The maximum absolute atomic E-state index is 13.1. The Hall–Kier alpha value is -3.73. The van der Waals surface area contributed by atoms with Crippen molar-refractivity contribution in [1.29, 1.82) is 0 Å². The second-order valence-corrected chi connectivity index (χ2v) is 8.01. The van der Waals surface area contributed by atoms with Crippen LogP contribution < -0.4 is 5.32 Å². The standard InChI is InChI=1S/C26H24FNO3/c1-26(2,3)31-25(30)22-16-13-19(10-9-18-11-14-21(27)15-12-18)17-23(22)28-24(29)20-7-5-4-6-8-20/h4-17H,1-3H3,(H,28,29)/b10-9+. The van der Waals surface area contributed by atoms with Crippen LogP contribution in [0.2, 0.25) is 0 Å². The summed E-state index contributed by atoms with van der Waals surface area (Å²) in [5.74, 6) is -1.15. The van der Waals surface area contributed by atoms with E-state index in [1.807, 2.05) is 18.2 Å². The fourth-order valence-corrected chi connectivity index (χ4v) is 2.83. The number of hydrogen-bond donors (Lipinski definition) is 1. The molecule has 0 fully saturated rings. The van der Waals surface area contributed by atoms with E-state index in [1.165, 1.54) is 12.1 Å². The third-order valence-electron chi connectivity index (χ3n) is 4.28. The van der Waals surface area contributed by atoms with Crippen molar-refractivity contribution in [3.05, 3.63) is 101 Å². The van der Waals surface area contributed by atoms with Gasteiger partial charge in [0.05, 0.1) is 11.3 Å². The Kier molecular flexibility index (Phi) is 6.65. The first kappa shape index (κ1) is 22.0. The smallest absolute Gasteiger partial charge is 0.340 e. The van der Waals surface area contributed by atoms with Crippen LogP contribution in [0, 0.1) is 5.82 Å². The van der Waals surface area contributed by atoms with Crippen molar-refractivity contribution in [2.45, 2.75) is 26.4 Å². The monoisotopic (exact) mass is 417 g/mol. The van der Waals surface area contributed by atoms with Gasteiger partial charge in [-0.1, -0.05) is 48.6 Å². The summed E-state index contributed by atoms with van der Waals surface area (Å²) in [6.07, 6.45) is 3.65. The number of carbonyl (C=O) groups is 2. The highest BCUT2D eigenvalue weighted by molar-refractivity contribution is 6.08. The molecule has 0 radical (unpaired) electrons. The van der Waals surface area contributed by atoms with Gasteiger partial charge in [0.1, 0.15) is 11.4 Å². The number of halogens is 1. The van der Waals surface area contributed by atoms with Gasteiger partial charge in [-0.3, -0.25) is 4.79 Å². The van der Waals surface area contributed by atoms with E-state index in [1.54, 1.807) is 75.4 Å². The Morgan fingerprint density at radius 1 is 0.871 bits per heavy atom. The van der Waals surface area contributed by atoms with Gasteiger partial charge in [0.2, 0.25) is 0 Å². The predicted molar refractivity (Wildman–Crippen MR) is 121 cm³/mol. The highest BCUT2D eigenvalue weighted by atomic mass is 19.1. The number of amides is 1. The van der Waals surface area contributed by atoms with E-state index in [4.69, 9.17) is 4.74 Å². The van der Waals surface area contributed by atoms with Crippen LogP contribution >= 0.6 is 0 Å². The van der Waals surface area contributed by atoms with Crippen molar-refractivity contribution in [3.63, 3.8) is 0 Å². The maximum Gasteiger partial charge on any atom is 0.340 e. The quantitative estimate of drug-likeness (QED) is 0.397. The molecule has 0 unspecified atom stereocenters. The molecular weight excluding hydrogens is 393 g/mol. The SMILES string of the molecule is CC(C)(C)OC(=O)c1ccc(/C=C/c2ccc(F)cc2)cc1NC(=O)c1ccccc1. The van der Waals surface area contributed by atoms with E-state index in [0.29, 0.717) is 11.3 Å². The minimum Gasteiger partial charge on any atom is -0.456 e. The zero-order valence-electron chi connectivity index (χ0n) is 17.7. The molecule has 0 aliphatic carbocycles. The van der Waals surface area contributed by atoms with Gasteiger partial charge in [-0.2, -0.15) is 0 Å². The van der Waals surface area contributed by atoms with E-state index < -0.39 is 11.6 Å². The number of carbonyl (C=O) groups excluding carboxylic acids is 2. The lowest BCUT2D eigenvalue weighted by Crippen LogP contribution is -2.25. The summed E-state index contributed by atoms with van der Waals surface area (Å²) in [7, 11) is 0. The van der Waals surface area contributed by atoms with E-state index >= 15 is 0 Å². The molecular formula is C26H24FNO3. The molecule has 0 saturated heterocycles. The van der Waals surface area contributed by atoms with Crippen molar-refractivity contribution in [2.24, 2.45) is 0 Å². The maximum atomic E-state index is 13.1. The molecule has 0 atom stereocenters. The fraction of sp³-hybridized carbons (Fsp3) is 0.154. The van der Waals surface area contributed by atoms with E-state index in [2.05, 4.69) is 5.32 Å². The molecule has 3 rings (SSSR count). The number of rotatable bonds is 5. The van der Waals surface area contributed by atoms with Crippen molar-refractivity contribution in [3.8, 4) is 0 Å². The highest BCUT2D eigenvalue weighted by Gasteiger charge is 2.21. The van der Waals surface area contributed by atoms with E-state index in [-0.39, 0.29) is 17.3 Å². The Morgan fingerprint density at radius 2 is 1.48 bits per heavy atom. The summed E-state index contributed by atoms with van der Waals surface area (Å²) in [5.41, 5.74) is 2.01. The Morgan fingerprint density at radius 3 is 2.13 bits per heavy atom. The number of ether oxygens (including phenoxy) is 1. The molecule has 0 saturated carbocycles. The Labute approximate surface area is 181 Å². The van der Waals surface area contributed by atoms with Crippen molar-refractivity contribution in [2.75, 3.05) is 5.32 Å². The Balaban J connectivity index is 1.92. The van der Waals surface area contributed by atoms with Gasteiger partial charge in [-0.25, -0.2) is 9.18 Å². The number of nitrogens with one attached hydrogen (secondary N) is 1. The lowest BCUT2D eigenvalue weighted by atomic mass is 10.1. The van der Waals surface area contributed by atoms with Gasteiger partial charge in [-0.05, 0) is 68.3 Å². The zero-order valence-corrected chi connectivity index (χ0v) is 17.7. The van der Waals surface area contributed by atoms with Crippen LogP contribution in [0.25, 0.3) is 12.2 Å². The van der Waals surface area contributed by atoms with Gasteiger partial charge >= 0.3 is 5.97 Å². The first-order valence-corrected chi connectivity index (χ1v) is 9.89. The molecule has 158 valence electrons. The van der Waals surface area contributed by atoms with Crippen LogP contribution in [-0.4, -0.2) is 17.5 Å². The average molecular weight is 417 g/mol. The Bertz CT molecular complexity index is 1100. The summed E-state index contributed by atoms with van der Waals surface area (Å²) < 4.78 is 18.6. The minimum absolute atomic E-state index is 0.262.